The summed E-state index contributed by atoms with van der Waals surface area (Å²) < 4.78 is 27.2. The molecule has 0 bridgehead atoms. The second-order valence-electron chi connectivity index (χ2n) is 7.46. The highest BCUT2D eigenvalue weighted by Crippen LogP contribution is 2.29. The van der Waals surface area contributed by atoms with Crippen LogP contribution in [0, 0.1) is 12.8 Å². The third-order valence-corrected chi connectivity index (χ3v) is 7.86. The van der Waals surface area contributed by atoms with Crippen LogP contribution in [0.2, 0.25) is 5.02 Å². The summed E-state index contributed by atoms with van der Waals surface area (Å²) in [7, 11) is -3.62. The van der Waals surface area contributed by atoms with E-state index in [9.17, 15) is 13.2 Å². The Balaban J connectivity index is 1.59. The zero-order valence-electron chi connectivity index (χ0n) is 15.2. The molecule has 0 unspecified atom stereocenters. The zero-order chi connectivity index (χ0) is 18.7. The maximum Gasteiger partial charge on any atom is 0.244 e. The molecule has 1 aliphatic heterocycles. The van der Waals surface area contributed by atoms with Gasteiger partial charge < -0.3 is 5.32 Å². The molecule has 0 spiro atoms. The van der Waals surface area contributed by atoms with Gasteiger partial charge in [0.25, 0.3) is 0 Å². The molecule has 1 heterocycles. The van der Waals surface area contributed by atoms with Gasteiger partial charge in [-0.2, -0.15) is 4.31 Å². The zero-order valence-corrected chi connectivity index (χ0v) is 16.8. The van der Waals surface area contributed by atoms with Crippen LogP contribution in [0.3, 0.4) is 0 Å². The third-order valence-electron chi connectivity index (χ3n) is 5.48. The Morgan fingerprint density at radius 3 is 2.38 bits per heavy atom. The van der Waals surface area contributed by atoms with Crippen molar-refractivity contribution in [3.8, 4) is 0 Å². The van der Waals surface area contributed by atoms with Gasteiger partial charge in [-0.25, -0.2) is 8.42 Å². The molecule has 2 aliphatic rings. The molecule has 5 nitrogen and oxygen atoms in total. The van der Waals surface area contributed by atoms with E-state index in [4.69, 9.17) is 11.6 Å². The van der Waals surface area contributed by atoms with Gasteiger partial charge in [-0.3, -0.25) is 4.79 Å². The maximum atomic E-state index is 12.9. The summed E-state index contributed by atoms with van der Waals surface area (Å²) in [6.45, 7) is 2.59. The molecule has 3 rings (SSSR count). The van der Waals surface area contributed by atoms with E-state index in [1.807, 2.05) is 6.92 Å². The van der Waals surface area contributed by atoms with E-state index in [0.717, 1.165) is 18.4 Å². The largest absolute Gasteiger partial charge is 0.353 e. The van der Waals surface area contributed by atoms with Gasteiger partial charge in [-0.05, 0) is 50.3 Å². The number of halogens is 1. The van der Waals surface area contributed by atoms with Crippen LogP contribution in [-0.2, 0) is 14.8 Å². The number of rotatable bonds is 4. The van der Waals surface area contributed by atoms with Crippen molar-refractivity contribution in [2.24, 2.45) is 5.92 Å². The average Bonchev–Trinajstić information content (AvgIpc) is 2.62. The Morgan fingerprint density at radius 2 is 1.77 bits per heavy atom. The quantitative estimate of drug-likeness (QED) is 0.844. The van der Waals surface area contributed by atoms with Crippen LogP contribution in [0.15, 0.2) is 23.1 Å². The highest BCUT2D eigenvalue weighted by molar-refractivity contribution is 7.89. The monoisotopic (exact) mass is 398 g/mol. The van der Waals surface area contributed by atoms with E-state index in [0.29, 0.717) is 32.0 Å². The Bertz CT molecular complexity index is 752. The molecule has 1 aromatic carbocycles. The second-order valence-corrected chi connectivity index (χ2v) is 9.77. The second kappa shape index (κ2) is 8.28. The minimum atomic E-state index is -3.62. The smallest absolute Gasteiger partial charge is 0.244 e. The van der Waals surface area contributed by atoms with Gasteiger partial charge in [-0.15, -0.1) is 0 Å². The van der Waals surface area contributed by atoms with Crippen molar-refractivity contribution < 1.29 is 13.2 Å². The van der Waals surface area contributed by atoms with Crippen LogP contribution in [0.1, 0.15) is 50.5 Å². The number of sulfonamides is 1. The number of piperidine rings is 1. The minimum Gasteiger partial charge on any atom is -0.353 e. The molecule has 1 saturated carbocycles. The van der Waals surface area contributed by atoms with Gasteiger partial charge in [-0.1, -0.05) is 36.9 Å². The number of benzene rings is 1. The fraction of sp³-hybridized carbons (Fsp3) is 0.632. The standard InChI is InChI=1S/C19H27ClN2O3S/c1-14-7-8-18(17(20)13-14)26(24,25)22-11-9-15(10-12-22)19(23)21-16-5-3-2-4-6-16/h7-8,13,15-16H,2-6,9-12H2,1H3,(H,21,23). The topological polar surface area (TPSA) is 66.5 Å². The molecule has 0 atom stereocenters. The predicted molar refractivity (Wildman–Crippen MR) is 103 cm³/mol. The molecule has 144 valence electrons. The van der Waals surface area contributed by atoms with Crippen molar-refractivity contribution in [1.82, 2.24) is 9.62 Å². The lowest BCUT2D eigenvalue weighted by Crippen LogP contribution is -2.45. The molecular weight excluding hydrogens is 372 g/mol. The first-order chi connectivity index (χ1) is 12.4. The van der Waals surface area contributed by atoms with E-state index >= 15 is 0 Å². The van der Waals surface area contributed by atoms with Crippen molar-refractivity contribution in [1.29, 1.82) is 0 Å². The number of nitrogens with zero attached hydrogens (tertiary/aromatic N) is 1. The summed E-state index contributed by atoms with van der Waals surface area (Å²) in [5.41, 5.74) is 0.923. The summed E-state index contributed by atoms with van der Waals surface area (Å²) >= 11 is 6.15. The van der Waals surface area contributed by atoms with Gasteiger partial charge >= 0.3 is 0 Å². The first-order valence-electron chi connectivity index (χ1n) is 9.44. The Labute approximate surface area is 161 Å². The van der Waals surface area contributed by atoms with Crippen molar-refractivity contribution in [2.75, 3.05) is 13.1 Å². The first-order valence-corrected chi connectivity index (χ1v) is 11.3. The summed E-state index contributed by atoms with van der Waals surface area (Å²) in [4.78, 5) is 12.6. The fourth-order valence-electron chi connectivity index (χ4n) is 3.88. The van der Waals surface area contributed by atoms with E-state index in [-0.39, 0.29) is 21.7 Å². The third kappa shape index (κ3) is 4.41. The van der Waals surface area contributed by atoms with Crippen molar-refractivity contribution in [3.63, 3.8) is 0 Å². The number of nitrogens with one attached hydrogen (secondary N) is 1. The Morgan fingerprint density at radius 1 is 1.12 bits per heavy atom. The summed E-state index contributed by atoms with van der Waals surface area (Å²) in [5, 5.41) is 3.41. The maximum absolute atomic E-state index is 12.9. The molecule has 0 aromatic heterocycles. The van der Waals surface area contributed by atoms with Crippen molar-refractivity contribution in [2.45, 2.75) is 62.8 Å². The van der Waals surface area contributed by atoms with Crippen LogP contribution in [0.4, 0.5) is 0 Å². The number of amides is 1. The normalized spacial score (nSPS) is 20.8. The predicted octanol–water partition coefficient (Wildman–Crippen LogP) is 3.50. The SMILES string of the molecule is Cc1ccc(S(=O)(=O)N2CCC(C(=O)NC3CCCCC3)CC2)c(Cl)c1. The number of carbonyl (C=O) groups is 1. The van der Waals surface area contributed by atoms with Crippen molar-refractivity contribution >= 4 is 27.5 Å². The lowest BCUT2D eigenvalue weighted by molar-refractivity contribution is -0.127. The number of hydrogen-bond acceptors (Lipinski definition) is 3. The highest BCUT2D eigenvalue weighted by Gasteiger charge is 2.33. The van der Waals surface area contributed by atoms with E-state index in [2.05, 4.69) is 5.32 Å². The Hall–Kier alpha value is -1.11. The minimum absolute atomic E-state index is 0.0855. The van der Waals surface area contributed by atoms with Crippen LogP contribution >= 0.6 is 11.6 Å². The van der Waals surface area contributed by atoms with Crippen LogP contribution in [-0.4, -0.2) is 37.8 Å². The van der Waals surface area contributed by atoms with E-state index < -0.39 is 10.0 Å². The molecule has 2 fully saturated rings. The molecular formula is C19H27ClN2O3S. The molecule has 26 heavy (non-hydrogen) atoms. The summed E-state index contributed by atoms with van der Waals surface area (Å²) in [5.74, 6) is -0.0146. The van der Waals surface area contributed by atoms with Gasteiger partial charge in [0.15, 0.2) is 0 Å². The average molecular weight is 399 g/mol. The highest BCUT2D eigenvalue weighted by atomic mass is 35.5. The number of hydrogen-bond donors (Lipinski definition) is 1. The molecule has 1 aromatic rings. The first kappa shape index (κ1) is 19.6. The van der Waals surface area contributed by atoms with Crippen molar-refractivity contribution in [3.05, 3.63) is 28.8 Å². The number of aryl methyl sites for hydroxylation is 1. The van der Waals surface area contributed by atoms with E-state index in [1.54, 1.807) is 18.2 Å². The molecule has 1 aliphatic carbocycles. The number of carbonyl (C=O) groups excluding carboxylic acids is 1. The van der Waals surface area contributed by atoms with Crippen LogP contribution in [0.25, 0.3) is 0 Å². The fourth-order valence-corrected chi connectivity index (χ4v) is 5.92. The van der Waals surface area contributed by atoms with Gasteiger partial charge in [0.05, 0.1) is 5.02 Å². The van der Waals surface area contributed by atoms with Crippen LogP contribution in [0.5, 0.6) is 0 Å². The molecule has 0 radical (unpaired) electrons. The van der Waals surface area contributed by atoms with Gasteiger partial charge in [0.1, 0.15) is 4.90 Å². The summed E-state index contributed by atoms with van der Waals surface area (Å²) in [6.07, 6.45) is 6.85. The summed E-state index contributed by atoms with van der Waals surface area (Å²) in [6, 6.07) is 5.28. The van der Waals surface area contributed by atoms with E-state index in [1.165, 1.54) is 23.6 Å². The lowest BCUT2D eigenvalue weighted by Gasteiger charge is -2.32. The van der Waals surface area contributed by atoms with Crippen LogP contribution < -0.4 is 5.32 Å². The van der Waals surface area contributed by atoms with Gasteiger partial charge in [0.2, 0.25) is 15.9 Å². The molecule has 1 saturated heterocycles. The molecule has 1 N–H and O–H groups in total. The lowest BCUT2D eigenvalue weighted by atomic mass is 9.93. The Kier molecular flexibility index (Phi) is 6.25. The molecule has 7 heteroatoms. The van der Waals surface area contributed by atoms with Gasteiger partial charge in [0, 0.05) is 25.0 Å². The molecule has 1 amide bonds.